The van der Waals surface area contributed by atoms with Crippen molar-refractivity contribution in [1.82, 2.24) is 5.32 Å². The van der Waals surface area contributed by atoms with Crippen LogP contribution in [0.5, 0.6) is 5.75 Å². The Morgan fingerprint density at radius 1 is 1.00 bits per heavy atom. The lowest BCUT2D eigenvalue weighted by Gasteiger charge is -2.19. The van der Waals surface area contributed by atoms with Crippen LogP contribution in [-0.2, 0) is 4.79 Å². The maximum absolute atomic E-state index is 12.2. The number of benzene rings is 2. The number of rotatable bonds is 5. The average Bonchev–Trinajstić information content (AvgIpc) is 2.52. The summed E-state index contributed by atoms with van der Waals surface area (Å²) >= 11 is 0. The van der Waals surface area contributed by atoms with Gasteiger partial charge in [-0.05, 0) is 81.0 Å². The standard InChI is InChI=1S/C21H27NO2/c1-13-8-7-9-20(17(13)5)24-12-21(23)22-18(6)19-11-15(3)14(2)10-16(19)4/h7-11,18H,12H2,1-6H3,(H,22,23)/t18-/m1/s1. The molecule has 1 amide bonds. The zero-order valence-corrected chi connectivity index (χ0v) is 15.5. The van der Waals surface area contributed by atoms with E-state index in [4.69, 9.17) is 4.74 Å². The largest absolute Gasteiger partial charge is 0.483 e. The number of nitrogens with one attached hydrogen (secondary N) is 1. The maximum atomic E-state index is 12.2. The molecule has 0 aliphatic rings. The van der Waals surface area contributed by atoms with Crippen molar-refractivity contribution in [2.24, 2.45) is 0 Å². The number of hydrogen-bond acceptors (Lipinski definition) is 2. The Balaban J connectivity index is 1.99. The summed E-state index contributed by atoms with van der Waals surface area (Å²) < 4.78 is 5.68. The lowest BCUT2D eigenvalue weighted by atomic mass is 9.96. The Labute approximate surface area is 145 Å². The Kier molecular flexibility index (Phi) is 5.66. The van der Waals surface area contributed by atoms with Gasteiger partial charge in [-0.1, -0.05) is 24.3 Å². The minimum atomic E-state index is -0.110. The monoisotopic (exact) mass is 325 g/mol. The molecule has 128 valence electrons. The van der Waals surface area contributed by atoms with Gasteiger partial charge < -0.3 is 10.1 Å². The highest BCUT2D eigenvalue weighted by Crippen LogP contribution is 2.22. The van der Waals surface area contributed by atoms with Gasteiger partial charge in [-0.25, -0.2) is 0 Å². The highest BCUT2D eigenvalue weighted by atomic mass is 16.5. The third-order valence-electron chi connectivity index (χ3n) is 4.64. The summed E-state index contributed by atoms with van der Waals surface area (Å²) in [5, 5.41) is 3.02. The average molecular weight is 325 g/mol. The first-order valence-corrected chi connectivity index (χ1v) is 8.35. The zero-order chi connectivity index (χ0) is 17.9. The van der Waals surface area contributed by atoms with Gasteiger partial charge in [0.25, 0.3) is 5.91 Å². The van der Waals surface area contributed by atoms with E-state index in [0.29, 0.717) is 0 Å². The van der Waals surface area contributed by atoms with Crippen LogP contribution in [0.3, 0.4) is 0 Å². The minimum absolute atomic E-state index is 0.0263. The van der Waals surface area contributed by atoms with Crippen molar-refractivity contribution in [3.63, 3.8) is 0 Å². The van der Waals surface area contributed by atoms with Gasteiger partial charge in [-0.2, -0.15) is 0 Å². The van der Waals surface area contributed by atoms with E-state index in [-0.39, 0.29) is 18.6 Å². The summed E-state index contributed by atoms with van der Waals surface area (Å²) in [6.45, 7) is 12.3. The molecule has 1 N–H and O–H groups in total. The lowest BCUT2D eigenvalue weighted by molar-refractivity contribution is -0.123. The predicted molar refractivity (Wildman–Crippen MR) is 98.6 cm³/mol. The van der Waals surface area contributed by atoms with E-state index < -0.39 is 0 Å². The predicted octanol–water partition coefficient (Wildman–Crippen LogP) is 4.48. The van der Waals surface area contributed by atoms with E-state index in [0.717, 1.165) is 22.4 Å². The Hall–Kier alpha value is -2.29. The maximum Gasteiger partial charge on any atom is 0.258 e. The second-order valence-corrected chi connectivity index (χ2v) is 6.57. The number of carbonyl (C=O) groups excluding carboxylic acids is 1. The van der Waals surface area contributed by atoms with Crippen molar-refractivity contribution in [1.29, 1.82) is 0 Å². The molecule has 2 aromatic carbocycles. The molecule has 2 rings (SSSR count). The minimum Gasteiger partial charge on any atom is -0.483 e. The molecule has 0 aliphatic heterocycles. The van der Waals surface area contributed by atoms with E-state index >= 15 is 0 Å². The fraction of sp³-hybridized carbons (Fsp3) is 0.381. The molecule has 3 nitrogen and oxygen atoms in total. The molecule has 0 bridgehead atoms. The van der Waals surface area contributed by atoms with Crippen LogP contribution in [-0.4, -0.2) is 12.5 Å². The van der Waals surface area contributed by atoms with Crippen molar-refractivity contribution in [2.75, 3.05) is 6.61 Å². The Bertz CT molecular complexity index is 750. The van der Waals surface area contributed by atoms with Gasteiger partial charge in [-0.15, -0.1) is 0 Å². The summed E-state index contributed by atoms with van der Waals surface area (Å²) in [6.07, 6.45) is 0. The molecular formula is C21H27NO2. The quantitative estimate of drug-likeness (QED) is 0.880. The first-order valence-electron chi connectivity index (χ1n) is 8.35. The van der Waals surface area contributed by atoms with Crippen molar-refractivity contribution >= 4 is 5.91 Å². The number of ether oxygens (including phenoxy) is 1. The zero-order valence-electron chi connectivity index (χ0n) is 15.5. The van der Waals surface area contributed by atoms with Gasteiger partial charge >= 0.3 is 0 Å². The van der Waals surface area contributed by atoms with Crippen LogP contribution in [0.1, 0.15) is 46.3 Å². The normalized spacial score (nSPS) is 11.9. The molecule has 2 aromatic rings. The van der Waals surface area contributed by atoms with E-state index in [9.17, 15) is 4.79 Å². The molecule has 24 heavy (non-hydrogen) atoms. The van der Waals surface area contributed by atoms with Crippen molar-refractivity contribution in [3.05, 3.63) is 63.7 Å². The van der Waals surface area contributed by atoms with Crippen molar-refractivity contribution in [3.8, 4) is 5.75 Å². The van der Waals surface area contributed by atoms with Gasteiger partial charge in [0.05, 0.1) is 6.04 Å². The molecule has 0 unspecified atom stereocenters. The van der Waals surface area contributed by atoms with Gasteiger partial charge in [0, 0.05) is 0 Å². The highest BCUT2D eigenvalue weighted by Gasteiger charge is 2.14. The molecule has 3 heteroatoms. The van der Waals surface area contributed by atoms with Crippen LogP contribution >= 0.6 is 0 Å². The van der Waals surface area contributed by atoms with Crippen LogP contribution in [0, 0.1) is 34.6 Å². The summed E-state index contributed by atoms with van der Waals surface area (Å²) in [5.74, 6) is 0.654. The molecule has 0 saturated heterocycles. The van der Waals surface area contributed by atoms with Crippen LogP contribution in [0.4, 0.5) is 0 Å². The molecule has 0 radical (unpaired) electrons. The highest BCUT2D eigenvalue weighted by molar-refractivity contribution is 5.78. The van der Waals surface area contributed by atoms with Crippen LogP contribution < -0.4 is 10.1 Å². The van der Waals surface area contributed by atoms with Crippen LogP contribution in [0.15, 0.2) is 30.3 Å². The molecule has 0 fully saturated rings. The third kappa shape index (κ3) is 4.16. The summed E-state index contributed by atoms with van der Waals surface area (Å²) in [7, 11) is 0. The smallest absolute Gasteiger partial charge is 0.258 e. The summed E-state index contributed by atoms with van der Waals surface area (Å²) in [4.78, 5) is 12.2. The molecule has 0 aliphatic carbocycles. The Morgan fingerprint density at radius 3 is 2.38 bits per heavy atom. The summed E-state index contributed by atoms with van der Waals surface area (Å²) in [5.41, 5.74) is 7.09. The second kappa shape index (κ2) is 7.52. The first kappa shape index (κ1) is 18.1. The lowest BCUT2D eigenvalue weighted by Crippen LogP contribution is -2.31. The summed E-state index contributed by atoms with van der Waals surface area (Å²) in [6, 6.07) is 10.1. The Morgan fingerprint density at radius 2 is 1.67 bits per heavy atom. The fourth-order valence-electron chi connectivity index (χ4n) is 2.83. The van der Waals surface area contributed by atoms with Gasteiger partial charge in [0.1, 0.15) is 5.75 Å². The van der Waals surface area contributed by atoms with Gasteiger partial charge in [0.15, 0.2) is 6.61 Å². The van der Waals surface area contributed by atoms with Crippen LogP contribution in [0.25, 0.3) is 0 Å². The number of carbonyl (C=O) groups is 1. The molecule has 0 saturated carbocycles. The number of amides is 1. The third-order valence-corrected chi connectivity index (χ3v) is 4.64. The van der Waals surface area contributed by atoms with Gasteiger partial charge in [0.2, 0.25) is 0 Å². The van der Waals surface area contributed by atoms with Crippen LogP contribution in [0.2, 0.25) is 0 Å². The first-order chi connectivity index (χ1) is 11.3. The van der Waals surface area contributed by atoms with Gasteiger partial charge in [-0.3, -0.25) is 4.79 Å². The SMILES string of the molecule is Cc1cc(C)c([C@@H](C)NC(=O)COc2cccc(C)c2C)cc1C. The van der Waals surface area contributed by atoms with E-state index in [1.807, 2.05) is 39.0 Å². The van der Waals surface area contributed by atoms with E-state index in [1.54, 1.807) is 0 Å². The number of aryl methyl sites for hydroxylation is 4. The fourth-order valence-corrected chi connectivity index (χ4v) is 2.83. The molecule has 0 heterocycles. The molecular weight excluding hydrogens is 298 g/mol. The topological polar surface area (TPSA) is 38.3 Å². The molecule has 1 atom stereocenters. The van der Waals surface area contributed by atoms with E-state index in [2.05, 4.69) is 38.2 Å². The number of hydrogen-bond donors (Lipinski definition) is 1. The molecule has 0 aromatic heterocycles. The second-order valence-electron chi connectivity index (χ2n) is 6.57. The van der Waals surface area contributed by atoms with Crippen molar-refractivity contribution in [2.45, 2.75) is 47.6 Å². The molecule has 0 spiro atoms. The van der Waals surface area contributed by atoms with E-state index in [1.165, 1.54) is 16.7 Å². The van der Waals surface area contributed by atoms with Crippen molar-refractivity contribution < 1.29 is 9.53 Å².